The van der Waals surface area contributed by atoms with Crippen LogP contribution in [-0.2, 0) is 4.43 Å². The maximum atomic E-state index is 14.4. The van der Waals surface area contributed by atoms with Crippen molar-refractivity contribution < 1.29 is 13.9 Å². The van der Waals surface area contributed by atoms with Gasteiger partial charge >= 0.3 is 5.97 Å². The van der Waals surface area contributed by atoms with Crippen molar-refractivity contribution in [2.75, 3.05) is 0 Å². The molecular weight excluding hydrogens is 444 g/mol. The van der Waals surface area contributed by atoms with Gasteiger partial charge in [-0.2, -0.15) is 5.26 Å². The number of carbonyl (C=O) groups is 1. The molecule has 0 unspecified atom stereocenters. The first-order valence-corrected chi connectivity index (χ1v) is 9.30. The molecule has 0 heterocycles. The lowest BCUT2D eigenvalue weighted by atomic mass is 10.0. The number of benzene rings is 3. The summed E-state index contributed by atoms with van der Waals surface area (Å²) in [5, 5.41) is 8.82. The van der Waals surface area contributed by atoms with E-state index in [1.807, 2.05) is 18.2 Å². The van der Waals surface area contributed by atoms with Gasteiger partial charge in [-0.15, -0.1) is 0 Å². The van der Waals surface area contributed by atoms with Crippen LogP contribution in [0.4, 0.5) is 4.39 Å². The summed E-state index contributed by atoms with van der Waals surface area (Å²) < 4.78 is 20.5. The molecule has 128 valence electrons. The highest BCUT2D eigenvalue weighted by Gasteiger charge is 2.12. The zero-order valence-electron chi connectivity index (χ0n) is 13.6. The third-order valence-corrected chi connectivity index (χ3v) is 4.70. The van der Waals surface area contributed by atoms with E-state index in [9.17, 15) is 9.18 Å². The molecule has 0 N–H and O–H groups in total. The zero-order valence-corrected chi connectivity index (χ0v) is 15.7. The molecular formula is C21H13FINO2. The summed E-state index contributed by atoms with van der Waals surface area (Å²) in [5.41, 5.74) is 3.05. The predicted molar refractivity (Wildman–Crippen MR) is 106 cm³/mol. The van der Waals surface area contributed by atoms with Gasteiger partial charge in [-0.05, 0) is 47.5 Å². The maximum Gasteiger partial charge on any atom is 0.343 e. The molecule has 0 atom stereocenters. The average Bonchev–Trinajstić information content (AvgIpc) is 2.68. The number of esters is 1. The standard InChI is InChI=1S/C21H13FINO2/c22-20-11-18(26-21(25)17-7-1-14(12-23)2-8-17)9-10-19(20)16-5-3-15(13-24)4-6-16/h1-11H,12H2. The lowest BCUT2D eigenvalue weighted by Crippen LogP contribution is -2.08. The highest BCUT2D eigenvalue weighted by Crippen LogP contribution is 2.27. The van der Waals surface area contributed by atoms with E-state index in [0.717, 1.165) is 9.99 Å². The van der Waals surface area contributed by atoms with Gasteiger partial charge in [0.1, 0.15) is 11.6 Å². The van der Waals surface area contributed by atoms with Crippen molar-refractivity contribution in [3.8, 4) is 22.9 Å². The summed E-state index contributed by atoms with van der Waals surface area (Å²) in [6.07, 6.45) is 0. The van der Waals surface area contributed by atoms with Gasteiger partial charge in [0.15, 0.2) is 0 Å². The quantitative estimate of drug-likeness (QED) is 0.225. The van der Waals surface area contributed by atoms with Gasteiger partial charge in [0.25, 0.3) is 0 Å². The van der Waals surface area contributed by atoms with E-state index >= 15 is 0 Å². The van der Waals surface area contributed by atoms with Crippen LogP contribution in [0, 0.1) is 17.1 Å². The van der Waals surface area contributed by atoms with Crippen LogP contribution in [-0.4, -0.2) is 5.97 Å². The van der Waals surface area contributed by atoms with Crippen LogP contribution < -0.4 is 4.74 Å². The fraction of sp³-hybridized carbons (Fsp3) is 0.0476. The van der Waals surface area contributed by atoms with Crippen LogP contribution in [0.1, 0.15) is 21.5 Å². The molecule has 0 amide bonds. The van der Waals surface area contributed by atoms with E-state index in [4.69, 9.17) is 10.00 Å². The largest absolute Gasteiger partial charge is 0.423 e. The molecule has 0 radical (unpaired) electrons. The molecule has 0 aliphatic rings. The van der Waals surface area contributed by atoms with Crippen LogP contribution in [0.2, 0.25) is 0 Å². The summed E-state index contributed by atoms with van der Waals surface area (Å²) in [6, 6.07) is 20.0. The summed E-state index contributed by atoms with van der Waals surface area (Å²) in [5.74, 6) is -0.890. The van der Waals surface area contributed by atoms with Gasteiger partial charge in [-0.3, -0.25) is 0 Å². The Morgan fingerprint density at radius 3 is 2.31 bits per heavy atom. The number of nitriles is 1. The first-order chi connectivity index (χ1) is 12.6. The lowest BCUT2D eigenvalue weighted by molar-refractivity contribution is 0.0734. The molecule has 0 aromatic heterocycles. The SMILES string of the molecule is N#Cc1ccc(-c2ccc(OC(=O)c3ccc(CI)cc3)cc2F)cc1. The fourth-order valence-electron chi connectivity index (χ4n) is 2.41. The summed E-state index contributed by atoms with van der Waals surface area (Å²) in [7, 11) is 0. The Kier molecular flexibility index (Phi) is 5.64. The molecule has 0 aliphatic heterocycles. The van der Waals surface area contributed by atoms with E-state index in [1.54, 1.807) is 48.5 Å². The van der Waals surface area contributed by atoms with Crippen LogP contribution in [0.25, 0.3) is 11.1 Å². The van der Waals surface area contributed by atoms with Gasteiger partial charge < -0.3 is 4.74 Å². The fourth-order valence-corrected chi connectivity index (χ4v) is 2.92. The van der Waals surface area contributed by atoms with E-state index in [2.05, 4.69) is 22.6 Å². The van der Waals surface area contributed by atoms with Crippen molar-refractivity contribution in [3.63, 3.8) is 0 Å². The highest BCUT2D eigenvalue weighted by atomic mass is 127. The Bertz CT molecular complexity index is 976. The highest BCUT2D eigenvalue weighted by molar-refractivity contribution is 14.1. The van der Waals surface area contributed by atoms with Crippen LogP contribution >= 0.6 is 22.6 Å². The van der Waals surface area contributed by atoms with E-state index in [1.165, 1.54) is 6.07 Å². The average molecular weight is 457 g/mol. The molecule has 3 rings (SSSR count). The molecule has 0 aliphatic carbocycles. The smallest absolute Gasteiger partial charge is 0.343 e. The first-order valence-electron chi connectivity index (χ1n) is 7.78. The topological polar surface area (TPSA) is 50.1 Å². The van der Waals surface area contributed by atoms with Gasteiger partial charge in [0, 0.05) is 16.1 Å². The number of rotatable bonds is 4. The predicted octanol–water partition coefficient (Wildman–Crippen LogP) is 5.52. The second kappa shape index (κ2) is 8.11. The van der Waals surface area contributed by atoms with Crippen molar-refractivity contribution in [1.29, 1.82) is 5.26 Å². The van der Waals surface area contributed by atoms with Crippen molar-refractivity contribution in [3.05, 3.63) is 89.2 Å². The van der Waals surface area contributed by atoms with Crippen LogP contribution in [0.5, 0.6) is 5.75 Å². The Balaban J connectivity index is 1.78. The molecule has 5 heteroatoms. The molecule has 0 fully saturated rings. The second-order valence-corrected chi connectivity index (χ2v) is 6.31. The van der Waals surface area contributed by atoms with Crippen LogP contribution in [0.15, 0.2) is 66.7 Å². The number of ether oxygens (including phenoxy) is 1. The summed E-state index contributed by atoms with van der Waals surface area (Å²) in [6.45, 7) is 0. The normalized spacial score (nSPS) is 10.2. The number of hydrogen-bond acceptors (Lipinski definition) is 3. The summed E-state index contributed by atoms with van der Waals surface area (Å²) >= 11 is 2.24. The lowest BCUT2D eigenvalue weighted by Gasteiger charge is -2.08. The molecule has 0 bridgehead atoms. The number of halogens is 2. The molecule has 0 saturated heterocycles. The van der Waals surface area contributed by atoms with Gasteiger partial charge in [0.05, 0.1) is 17.2 Å². The van der Waals surface area contributed by atoms with E-state index in [0.29, 0.717) is 22.3 Å². The molecule has 3 nitrogen and oxygen atoms in total. The molecule has 3 aromatic carbocycles. The van der Waals surface area contributed by atoms with Crippen molar-refractivity contribution in [2.45, 2.75) is 4.43 Å². The number of carbonyl (C=O) groups excluding carboxylic acids is 1. The minimum Gasteiger partial charge on any atom is -0.423 e. The van der Waals surface area contributed by atoms with E-state index < -0.39 is 11.8 Å². The number of nitrogens with zero attached hydrogens (tertiary/aromatic N) is 1. The third kappa shape index (κ3) is 4.09. The van der Waals surface area contributed by atoms with Gasteiger partial charge in [-0.25, -0.2) is 9.18 Å². The minimum absolute atomic E-state index is 0.142. The van der Waals surface area contributed by atoms with E-state index in [-0.39, 0.29) is 5.75 Å². The molecule has 3 aromatic rings. The van der Waals surface area contributed by atoms with Crippen molar-refractivity contribution in [1.82, 2.24) is 0 Å². The van der Waals surface area contributed by atoms with Gasteiger partial charge in [0.2, 0.25) is 0 Å². The Labute approximate surface area is 164 Å². The zero-order chi connectivity index (χ0) is 18.5. The minimum atomic E-state index is -0.532. The second-order valence-electron chi connectivity index (χ2n) is 5.55. The monoisotopic (exact) mass is 457 g/mol. The molecule has 0 saturated carbocycles. The van der Waals surface area contributed by atoms with Crippen molar-refractivity contribution in [2.24, 2.45) is 0 Å². The first kappa shape index (κ1) is 18.1. The third-order valence-electron chi connectivity index (χ3n) is 3.82. The Morgan fingerprint density at radius 1 is 1.04 bits per heavy atom. The van der Waals surface area contributed by atoms with Crippen LogP contribution in [0.3, 0.4) is 0 Å². The number of alkyl halides is 1. The number of hydrogen-bond donors (Lipinski definition) is 0. The summed E-state index contributed by atoms with van der Waals surface area (Å²) in [4.78, 5) is 12.2. The Morgan fingerprint density at radius 2 is 1.73 bits per heavy atom. The Hall–Kier alpha value is -2.72. The van der Waals surface area contributed by atoms with Crippen molar-refractivity contribution >= 4 is 28.6 Å². The molecule has 0 spiro atoms. The maximum absolute atomic E-state index is 14.4. The van der Waals surface area contributed by atoms with Gasteiger partial charge in [-0.1, -0.05) is 46.9 Å². The molecule has 26 heavy (non-hydrogen) atoms.